The Morgan fingerprint density at radius 1 is 0.529 bits per heavy atom. The van der Waals surface area contributed by atoms with Crippen LogP contribution in [-0.2, 0) is 0 Å². The van der Waals surface area contributed by atoms with Crippen LogP contribution in [0, 0.1) is 27.7 Å². The molecule has 0 saturated heterocycles. The third-order valence-electron chi connectivity index (χ3n) is 6.47. The summed E-state index contributed by atoms with van der Waals surface area (Å²) in [5.41, 5.74) is 12.1. The molecule has 2 N–H and O–H groups in total. The van der Waals surface area contributed by atoms with Gasteiger partial charge in [0.05, 0.1) is 5.92 Å². The van der Waals surface area contributed by atoms with Gasteiger partial charge in [-0.05, 0) is 92.9 Å². The van der Waals surface area contributed by atoms with Crippen LogP contribution < -0.4 is 4.90 Å². The normalized spacial score (nSPS) is 11.2. The van der Waals surface area contributed by atoms with Crippen molar-refractivity contribution in [2.75, 3.05) is 4.90 Å². The standard InChI is InChI=1S/C31H31N3/c1-21-19-23(3)32-30(21)29(31-22(2)20-24(4)33-31)25-15-17-28(18-16-25)34(26-11-7-5-8-12-26)27-13-9-6-10-14-27/h5-20,29,32-33H,1-4H3. The Bertz CT molecular complexity index is 1290. The molecule has 0 aliphatic heterocycles. The summed E-state index contributed by atoms with van der Waals surface area (Å²) in [6, 6.07) is 34.5. The maximum Gasteiger partial charge on any atom is 0.0646 e. The van der Waals surface area contributed by atoms with Crippen molar-refractivity contribution in [2.24, 2.45) is 0 Å². The number of rotatable bonds is 6. The van der Waals surface area contributed by atoms with Crippen molar-refractivity contribution in [1.82, 2.24) is 9.97 Å². The molecule has 0 saturated carbocycles. The first kappa shape index (κ1) is 21.8. The fourth-order valence-electron chi connectivity index (χ4n) is 4.99. The zero-order valence-electron chi connectivity index (χ0n) is 20.3. The third-order valence-corrected chi connectivity index (χ3v) is 6.47. The van der Waals surface area contributed by atoms with Crippen molar-refractivity contribution >= 4 is 17.1 Å². The maximum atomic E-state index is 3.64. The third kappa shape index (κ3) is 4.17. The number of nitrogens with one attached hydrogen (secondary N) is 2. The minimum Gasteiger partial charge on any atom is -0.361 e. The molecule has 0 aliphatic rings. The highest BCUT2D eigenvalue weighted by atomic mass is 15.1. The molecule has 5 aromatic rings. The number of para-hydroxylation sites is 2. The van der Waals surface area contributed by atoms with Gasteiger partial charge in [-0.15, -0.1) is 0 Å². The summed E-state index contributed by atoms with van der Waals surface area (Å²) in [6.07, 6.45) is 0. The monoisotopic (exact) mass is 445 g/mol. The second kappa shape index (κ2) is 9.11. The molecule has 0 bridgehead atoms. The molecule has 170 valence electrons. The maximum absolute atomic E-state index is 3.64. The van der Waals surface area contributed by atoms with Gasteiger partial charge >= 0.3 is 0 Å². The lowest BCUT2D eigenvalue weighted by Gasteiger charge is -2.26. The van der Waals surface area contributed by atoms with E-state index in [1.165, 1.54) is 39.5 Å². The molecular weight excluding hydrogens is 414 g/mol. The molecule has 2 heterocycles. The smallest absolute Gasteiger partial charge is 0.0646 e. The van der Waals surface area contributed by atoms with E-state index in [4.69, 9.17) is 0 Å². The van der Waals surface area contributed by atoms with Crippen molar-refractivity contribution in [1.29, 1.82) is 0 Å². The minimum atomic E-state index is 0.123. The van der Waals surface area contributed by atoms with Gasteiger partial charge in [-0.1, -0.05) is 48.5 Å². The Hall–Kier alpha value is -3.98. The number of benzene rings is 3. The summed E-state index contributed by atoms with van der Waals surface area (Å²) < 4.78 is 0. The Labute approximate surface area is 202 Å². The lowest BCUT2D eigenvalue weighted by molar-refractivity contribution is 0.870. The Morgan fingerprint density at radius 3 is 1.32 bits per heavy atom. The van der Waals surface area contributed by atoms with Gasteiger partial charge in [0.2, 0.25) is 0 Å². The van der Waals surface area contributed by atoms with Crippen molar-refractivity contribution < 1.29 is 0 Å². The highest BCUT2D eigenvalue weighted by molar-refractivity contribution is 5.76. The van der Waals surface area contributed by atoms with E-state index in [1.54, 1.807) is 0 Å². The van der Waals surface area contributed by atoms with Crippen LogP contribution >= 0.6 is 0 Å². The first-order valence-electron chi connectivity index (χ1n) is 11.8. The van der Waals surface area contributed by atoms with Gasteiger partial charge in [0, 0.05) is 39.8 Å². The summed E-state index contributed by atoms with van der Waals surface area (Å²) in [5, 5.41) is 0. The summed E-state index contributed by atoms with van der Waals surface area (Å²) in [5.74, 6) is 0.123. The number of nitrogens with zero attached hydrogens (tertiary/aromatic N) is 1. The van der Waals surface area contributed by atoms with Crippen LogP contribution in [0.25, 0.3) is 0 Å². The van der Waals surface area contributed by atoms with Gasteiger partial charge in [-0.3, -0.25) is 0 Å². The number of hydrogen-bond donors (Lipinski definition) is 2. The van der Waals surface area contributed by atoms with E-state index in [0.717, 1.165) is 17.1 Å². The number of hydrogen-bond acceptors (Lipinski definition) is 1. The molecule has 0 radical (unpaired) electrons. The molecule has 0 amide bonds. The van der Waals surface area contributed by atoms with Gasteiger partial charge in [-0.25, -0.2) is 0 Å². The number of aryl methyl sites for hydroxylation is 4. The van der Waals surface area contributed by atoms with E-state index in [-0.39, 0.29) is 5.92 Å². The van der Waals surface area contributed by atoms with Crippen LogP contribution in [0.15, 0.2) is 97.1 Å². The van der Waals surface area contributed by atoms with Crippen LogP contribution in [0.2, 0.25) is 0 Å². The van der Waals surface area contributed by atoms with Crippen LogP contribution in [-0.4, -0.2) is 9.97 Å². The number of anilines is 3. The molecule has 34 heavy (non-hydrogen) atoms. The van der Waals surface area contributed by atoms with Crippen molar-refractivity contribution in [2.45, 2.75) is 33.6 Å². The fourth-order valence-corrected chi connectivity index (χ4v) is 4.99. The van der Waals surface area contributed by atoms with Gasteiger partial charge < -0.3 is 14.9 Å². The molecule has 0 unspecified atom stereocenters. The molecule has 2 aromatic heterocycles. The molecule has 3 aromatic carbocycles. The molecule has 0 fully saturated rings. The molecule has 0 aliphatic carbocycles. The number of aromatic amines is 2. The van der Waals surface area contributed by atoms with Gasteiger partial charge in [0.15, 0.2) is 0 Å². The highest BCUT2D eigenvalue weighted by Crippen LogP contribution is 2.38. The predicted octanol–water partition coefficient (Wildman–Crippen LogP) is 8.23. The summed E-state index contributed by atoms with van der Waals surface area (Å²) in [6.45, 7) is 8.64. The topological polar surface area (TPSA) is 34.8 Å². The van der Waals surface area contributed by atoms with E-state index in [1.807, 2.05) is 0 Å². The van der Waals surface area contributed by atoms with Gasteiger partial charge in [-0.2, -0.15) is 0 Å². The number of H-pyrrole nitrogens is 2. The van der Waals surface area contributed by atoms with Crippen molar-refractivity contribution in [3.05, 3.63) is 137 Å². The van der Waals surface area contributed by atoms with Crippen LogP contribution in [0.1, 0.15) is 45.4 Å². The summed E-state index contributed by atoms with van der Waals surface area (Å²) in [4.78, 5) is 9.57. The molecule has 3 nitrogen and oxygen atoms in total. The zero-order chi connectivity index (χ0) is 23.7. The van der Waals surface area contributed by atoms with Crippen LogP contribution in [0.4, 0.5) is 17.1 Å². The largest absolute Gasteiger partial charge is 0.361 e. The summed E-state index contributed by atoms with van der Waals surface area (Å²) in [7, 11) is 0. The first-order valence-corrected chi connectivity index (χ1v) is 11.8. The fraction of sp³-hybridized carbons (Fsp3) is 0.161. The average Bonchev–Trinajstić information content (AvgIpc) is 3.36. The van der Waals surface area contributed by atoms with Crippen LogP contribution in [0.3, 0.4) is 0 Å². The van der Waals surface area contributed by atoms with Gasteiger partial charge in [0.1, 0.15) is 0 Å². The Balaban J connectivity index is 1.60. The number of aromatic nitrogens is 2. The molecule has 0 atom stereocenters. The van der Waals surface area contributed by atoms with Crippen molar-refractivity contribution in [3.8, 4) is 0 Å². The second-order valence-corrected chi connectivity index (χ2v) is 9.13. The molecule has 5 rings (SSSR count). The quantitative estimate of drug-likeness (QED) is 0.271. The second-order valence-electron chi connectivity index (χ2n) is 9.13. The SMILES string of the molecule is Cc1cc(C)c(C(c2ccc(N(c3ccccc3)c3ccccc3)cc2)c2[nH]c(C)cc2C)[nH]1. The molecule has 3 heteroatoms. The predicted molar refractivity (Wildman–Crippen MR) is 143 cm³/mol. The van der Waals surface area contributed by atoms with Gasteiger partial charge in [0.25, 0.3) is 0 Å². The first-order chi connectivity index (χ1) is 16.5. The highest BCUT2D eigenvalue weighted by Gasteiger charge is 2.24. The average molecular weight is 446 g/mol. The molecular formula is C31H31N3. The summed E-state index contributed by atoms with van der Waals surface area (Å²) >= 11 is 0. The Morgan fingerprint density at radius 2 is 0.941 bits per heavy atom. The van der Waals surface area contributed by atoms with E-state index < -0.39 is 0 Å². The lowest BCUT2D eigenvalue weighted by Crippen LogP contribution is -2.11. The molecule has 0 spiro atoms. The lowest BCUT2D eigenvalue weighted by atomic mass is 9.89. The Kier molecular flexibility index (Phi) is 5.85. The van der Waals surface area contributed by atoms with Crippen molar-refractivity contribution in [3.63, 3.8) is 0 Å². The zero-order valence-corrected chi connectivity index (χ0v) is 20.3. The van der Waals surface area contributed by atoms with E-state index in [0.29, 0.717) is 0 Å². The minimum absolute atomic E-state index is 0.123. The van der Waals surface area contributed by atoms with E-state index >= 15 is 0 Å². The van der Waals surface area contributed by atoms with E-state index in [2.05, 4.69) is 140 Å². The van der Waals surface area contributed by atoms with E-state index in [9.17, 15) is 0 Å². The van der Waals surface area contributed by atoms with Crippen LogP contribution in [0.5, 0.6) is 0 Å².